The molecule has 0 fully saturated rings. The van der Waals surface area contributed by atoms with Crippen molar-refractivity contribution in [3.63, 3.8) is 0 Å². The van der Waals surface area contributed by atoms with Crippen molar-refractivity contribution in [2.24, 2.45) is 0 Å². The quantitative estimate of drug-likeness (QED) is 0.865. The van der Waals surface area contributed by atoms with Crippen molar-refractivity contribution in [2.75, 3.05) is 5.32 Å². The average molecular weight is 296 g/mol. The molecule has 0 bridgehead atoms. The van der Waals surface area contributed by atoms with Gasteiger partial charge in [-0.15, -0.1) is 0 Å². The smallest absolute Gasteiger partial charge is 0.257 e. The van der Waals surface area contributed by atoms with Crippen LogP contribution in [0.5, 0.6) is 0 Å². The van der Waals surface area contributed by atoms with Crippen molar-refractivity contribution < 1.29 is 4.79 Å². The third kappa shape index (κ3) is 2.91. The van der Waals surface area contributed by atoms with E-state index in [0.717, 1.165) is 11.3 Å². The normalized spacial score (nSPS) is 13.6. The van der Waals surface area contributed by atoms with Crippen LogP contribution in [0.25, 0.3) is 0 Å². The van der Waals surface area contributed by atoms with Crippen LogP contribution in [0.2, 0.25) is 5.02 Å². The molecule has 0 heterocycles. The highest BCUT2D eigenvalue weighted by molar-refractivity contribution is 6.34. The second-order valence-corrected chi connectivity index (χ2v) is 5.22. The Bertz CT molecular complexity index is 722. The van der Waals surface area contributed by atoms with E-state index in [2.05, 4.69) is 17.5 Å². The van der Waals surface area contributed by atoms with E-state index >= 15 is 0 Å². The summed E-state index contributed by atoms with van der Waals surface area (Å²) in [7, 11) is 0. The van der Waals surface area contributed by atoms with Gasteiger partial charge < -0.3 is 5.32 Å². The lowest BCUT2D eigenvalue weighted by Gasteiger charge is -2.14. The Hall–Kier alpha value is -2.32. The lowest BCUT2D eigenvalue weighted by Crippen LogP contribution is -2.14. The molecule has 0 saturated heterocycles. The Kier molecular flexibility index (Phi) is 3.89. The van der Waals surface area contributed by atoms with Crippen molar-refractivity contribution in [3.8, 4) is 0 Å². The van der Waals surface area contributed by atoms with Gasteiger partial charge in [-0.05, 0) is 23.8 Å². The minimum atomic E-state index is -0.195. The second kappa shape index (κ2) is 5.98. The summed E-state index contributed by atoms with van der Waals surface area (Å²) in [4.78, 5) is 12.4. The standard InChI is InChI=1S/C18H14ClNO/c19-16-11-5-3-10-15(16)18(21)20-17-12-6-4-9-14(17)13-7-1-2-8-13/h1-13H,(H,20,21). The molecular weight excluding hydrogens is 282 g/mol. The van der Waals surface area contributed by atoms with Crippen molar-refractivity contribution in [3.05, 3.63) is 89.0 Å². The molecule has 0 saturated carbocycles. The number of carbonyl (C=O) groups is 1. The SMILES string of the molecule is O=C(Nc1ccccc1C1C=CC=C1)c1ccccc1Cl. The third-order valence-corrected chi connectivity index (χ3v) is 3.76. The fraction of sp³-hybridized carbons (Fsp3) is 0.0556. The van der Waals surface area contributed by atoms with E-state index in [0.29, 0.717) is 10.6 Å². The first-order valence-electron chi connectivity index (χ1n) is 6.75. The molecule has 0 radical (unpaired) electrons. The highest BCUT2D eigenvalue weighted by atomic mass is 35.5. The summed E-state index contributed by atoms with van der Waals surface area (Å²) >= 11 is 6.07. The number of benzene rings is 2. The topological polar surface area (TPSA) is 29.1 Å². The summed E-state index contributed by atoms with van der Waals surface area (Å²) in [6.07, 6.45) is 8.22. The monoisotopic (exact) mass is 295 g/mol. The van der Waals surface area contributed by atoms with Crippen LogP contribution in [0.1, 0.15) is 21.8 Å². The highest BCUT2D eigenvalue weighted by Gasteiger charge is 2.15. The largest absolute Gasteiger partial charge is 0.322 e. The van der Waals surface area contributed by atoms with Crippen LogP contribution in [0.3, 0.4) is 0 Å². The molecule has 21 heavy (non-hydrogen) atoms. The van der Waals surface area contributed by atoms with Gasteiger partial charge in [0, 0.05) is 11.6 Å². The molecule has 0 unspecified atom stereocenters. The molecule has 2 aromatic rings. The molecule has 104 valence electrons. The predicted molar refractivity (Wildman–Crippen MR) is 86.9 cm³/mol. The summed E-state index contributed by atoms with van der Waals surface area (Å²) < 4.78 is 0. The Morgan fingerprint density at radius 3 is 2.38 bits per heavy atom. The molecule has 1 N–H and O–H groups in total. The zero-order chi connectivity index (χ0) is 14.7. The molecule has 2 nitrogen and oxygen atoms in total. The maximum atomic E-state index is 12.4. The van der Waals surface area contributed by atoms with E-state index in [-0.39, 0.29) is 11.8 Å². The summed E-state index contributed by atoms with van der Waals surface area (Å²) in [5.74, 6) is 0.00625. The fourth-order valence-electron chi connectivity index (χ4n) is 2.38. The lowest BCUT2D eigenvalue weighted by molar-refractivity contribution is 0.102. The van der Waals surface area contributed by atoms with Crippen molar-refractivity contribution in [1.82, 2.24) is 0 Å². The summed E-state index contributed by atoms with van der Waals surface area (Å²) in [5.41, 5.74) is 2.36. The molecule has 0 spiro atoms. The maximum Gasteiger partial charge on any atom is 0.257 e. The van der Waals surface area contributed by atoms with Crippen LogP contribution < -0.4 is 5.32 Å². The van der Waals surface area contributed by atoms with Gasteiger partial charge in [0.1, 0.15) is 0 Å². The van der Waals surface area contributed by atoms with Crippen LogP contribution in [-0.4, -0.2) is 5.91 Å². The Balaban J connectivity index is 1.89. The first-order valence-corrected chi connectivity index (χ1v) is 7.13. The van der Waals surface area contributed by atoms with Crippen LogP contribution in [-0.2, 0) is 0 Å². The molecule has 3 heteroatoms. The zero-order valence-electron chi connectivity index (χ0n) is 11.3. The Morgan fingerprint density at radius 2 is 1.62 bits per heavy atom. The van der Waals surface area contributed by atoms with Gasteiger partial charge in [-0.3, -0.25) is 4.79 Å². The van der Waals surface area contributed by atoms with Gasteiger partial charge >= 0.3 is 0 Å². The van der Waals surface area contributed by atoms with Crippen molar-refractivity contribution in [1.29, 1.82) is 0 Å². The van der Waals surface area contributed by atoms with Gasteiger partial charge in [0.15, 0.2) is 0 Å². The predicted octanol–water partition coefficient (Wildman–Crippen LogP) is 4.80. The summed E-state index contributed by atoms with van der Waals surface area (Å²) in [6.45, 7) is 0. The number of hydrogen-bond acceptors (Lipinski definition) is 1. The minimum Gasteiger partial charge on any atom is -0.322 e. The molecule has 3 rings (SSSR count). The number of hydrogen-bond donors (Lipinski definition) is 1. The first-order chi connectivity index (χ1) is 10.3. The number of para-hydroxylation sites is 1. The van der Waals surface area contributed by atoms with Crippen LogP contribution >= 0.6 is 11.6 Å². The molecular formula is C18H14ClNO. The van der Waals surface area contributed by atoms with Gasteiger partial charge in [0.2, 0.25) is 0 Å². The van der Waals surface area contributed by atoms with E-state index in [4.69, 9.17) is 11.6 Å². The molecule has 2 aromatic carbocycles. The van der Waals surface area contributed by atoms with Crippen LogP contribution in [0.15, 0.2) is 72.8 Å². The number of amides is 1. The third-order valence-electron chi connectivity index (χ3n) is 3.43. The lowest BCUT2D eigenvalue weighted by atomic mass is 9.98. The molecule has 1 aliphatic rings. The van der Waals surface area contributed by atoms with E-state index in [1.54, 1.807) is 24.3 Å². The van der Waals surface area contributed by atoms with Crippen molar-refractivity contribution in [2.45, 2.75) is 5.92 Å². The Labute approximate surface area is 128 Å². The van der Waals surface area contributed by atoms with Crippen LogP contribution in [0, 0.1) is 0 Å². The van der Waals surface area contributed by atoms with Gasteiger partial charge in [-0.2, -0.15) is 0 Å². The van der Waals surface area contributed by atoms with Gasteiger partial charge in [0.05, 0.1) is 10.6 Å². The van der Waals surface area contributed by atoms with E-state index < -0.39 is 0 Å². The number of nitrogens with one attached hydrogen (secondary N) is 1. The minimum absolute atomic E-state index is 0.195. The van der Waals surface area contributed by atoms with Crippen LogP contribution in [0.4, 0.5) is 5.69 Å². The van der Waals surface area contributed by atoms with E-state index in [1.807, 2.05) is 36.4 Å². The number of halogens is 1. The number of anilines is 1. The second-order valence-electron chi connectivity index (χ2n) is 4.82. The molecule has 1 amide bonds. The first kappa shape index (κ1) is 13.7. The summed E-state index contributed by atoms with van der Waals surface area (Å²) in [5, 5.41) is 3.41. The van der Waals surface area contributed by atoms with E-state index in [9.17, 15) is 4.79 Å². The van der Waals surface area contributed by atoms with Gasteiger partial charge in [-0.25, -0.2) is 0 Å². The molecule has 0 atom stereocenters. The highest BCUT2D eigenvalue weighted by Crippen LogP contribution is 2.30. The van der Waals surface area contributed by atoms with Crippen molar-refractivity contribution >= 4 is 23.2 Å². The zero-order valence-corrected chi connectivity index (χ0v) is 12.0. The summed E-state index contributed by atoms with van der Waals surface area (Å²) in [6, 6.07) is 14.8. The van der Waals surface area contributed by atoms with E-state index in [1.165, 1.54) is 0 Å². The van der Waals surface area contributed by atoms with Gasteiger partial charge in [-0.1, -0.05) is 66.2 Å². The average Bonchev–Trinajstić information content (AvgIpc) is 3.02. The maximum absolute atomic E-state index is 12.4. The molecule has 0 aliphatic heterocycles. The number of carbonyl (C=O) groups excluding carboxylic acids is 1. The molecule has 0 aromatic heterocycles. The number of allylic oxidation sites excluding steroid dienone is 4. The molecule has 1 aliphatic carbocycles. The number of rotatable bonds is 3. The van der Waals surface area contributed by atoms with Gasteiger partial charge in [0.25, 0.3) is 5.91 Å². The fourth-order valence-corrected chi connectivity index (χ4v) is 2.60. The Morgan fingerprint density at radius 1 is 0.952 bits per heavy atom.